The van der Waals surface area contributed by atoms with Gasteiger partial charge in [0.25, 0.3) is 0 Å². The number of nitrogens with zero attached hydrogens (tertiary/aromatic N) is 1. The summed E-state index contributed by atoms with van der Waals surface area (Å²) in [5.41, 5.74) is 1.94. The Labute approximate surface area is 94.3 Å². The van der Waals surface area contributed by atoms with Crippen LogP contribution in [0.15, 0.2) is 11.7 Å². The Kier molecular flexibility index (Phi) is 2.73. The van der Waals surface area contributed by atoms with Crippen molar-refractivity contribution in [3.63, 3.8) is 0 Å². The number of thiazole rings is 1. The molecule has 1 aromatic heterocycles. The number of rotatable bonds is 3. The van der Waals surface area contributed by atoms with Gasteiger partial charge in [-0.05, 0) is 32.4 Å². The van der Waals surface area contributed by atoms with E-state index in [1.165, 1.54) is 37.2 Å². The van der Waals surface area contributed by atoms with E-state index in [0.717, 1.165) is 18.0 Å². The average Bonchev–Trinajstić information content (AvgIpc) is 2.82. The smallest absolute Gasteiger partial charge is 0.0794 e. The van der Waals surface area contributed by atoms with Gasteiger partial charge in [0.05, 0.1) is 5.51 Å². The molecule has 82 valence electrons. The molecule has 0 amide bonds. The highest BCUT2D eigenvalue weighted by molar-refractivity contribution is 7.09. The molecule has 1 aromatic rings. The monoisotopic (exact) mass is 223 g/mol. The summed E-state index contributed by atoms with van der Waals surface area (Å²) in [5, 5.41) is 7.17. The molecule has 2 fully saturated rings. The number of nitrogens with one attached hydrogen (secondary N) is 2. The normalized spacial score (nSPS) is 31.7. The van der Waals surface area contributed by atoms with E-state index in [1.54, 1.807) is 11.3 Å². The average molecular weight is 223 g/mol. The topological polar surface area (TPSA) is 37.0 Å². The van der Waals surface area contributed by atoms with Crippen LogP contribution in [0, 0.1) is 0 Å². The number of aromatic nitrogens is 1. The molecule has 15 heavy (non-hydrogen) atoms. The Morgan fingerprint density at radius 3 is 3.00 bits per heavy atom. The summed E-state index contributed by atoms with van der Waals surface area (Å²) in [7, 11) is 0. The number of hydrogen-bond acceptors (Lipinski definition) is 4. The Balaban J connectivity index is 1.50. The maximum Gasteiger partial charge on any atom is 0.0794 e. The van der Waals surface area contributed by atoms with Gasteiger partial charge in [-0.15, -0.1) is 11.3 Å². The highest BCUT2D eigenvalue weighted by Gasteiger charge is 2.40. The fourth-order valence-corrected chi connectivity index (χ4v) is 3.19. The van der Waals surface area contributed by atoms with Crippen molar-refractivity contribution < 1.29 is 0 Å². The summed E-state index contributed by atoms with van der Waals surface area (Å²) in [6, 6.07) is 1.47. The lowest BCUT2D eigenvalue weighted by Crippen LogP contribution is -2.41. The van der Waals surface area contributed by atoms with Crippen molar-refractivity contribution in [3.05, 3.63) is 16.6 Å². The van der Waals surface area contributed by atoms with Crippen LogP contribution in [0.4, 0.5) is 0 Å². The molecule has 0 bridgehead atoms. The minimum absolute atomic E-state index is 0.730. The number of hydrogen-bond donors (Lipinski definition) is 2. The van der Waals surface area contributed by atoms with Gasteiger partial charge in [-0.2, -0.15) is 0 Å². The van der Waals surface area contributed by atoms with E-state index in [-0.39, 0.29) is 0 Å². The van der Waals surface area contributed by atoms with Crippen LogP contribution in [0.1, 0.15) is 30.1 Å². The predicted octanol–water partition coefficient (Wildman–Crippen LogP) is 1.34. The predicted molar refractivity (Wildman–Crippen MR) is 62.3 cm³/mol. The Hall–Kier alpha value is -0.450. The van der Waals surface area contributed by atoms with Gasteiger partial charge >= 0.3 is 0 Å². The second kappa shape index (κ2) is 4.20. The maximum absolute atomic E-state index is 4.15. The van der Waals surface area contributed by atoms with E-state index in [0.29, 0.717) is 0 Å². The first-order valence-corrected chi connectivity index (χ1v) is 6.66. The molecule has 1 saturated carbocycles. The quantitative estimate of drug-likeness (QED) is 0.812. The van der Waals surface area contributed by atoms with Gasteiger partial charge in [-0.1, -0.05) is 0 Å². The van der Waals surface area contributed by atoms with E-state index in [4.69, 9.17) is 0 Å². The first kappa shape index (κ1) is 9.75. The third kappa shape index (κ3) is 2.22. The Morgan fingerprint density at radius 2 is 2.27 bits per heavy atom. The van der Waals surface area contributed by atoms with Crippen molar-refractivity contribution in [3.8, 4) is 0 Å². The molecular formula is C11H17N3S. The molecule has 2 N–H and O–H groups in total. The van der Waals surface area contributed by atoms with Crippen molar-refractivity contribution in [2.45, 2.75) is 37.3 Å². The van der Waals surface area contributed by atoms with Gasteiger partial charge in [0.15, 0.2) is 0 Å². The molecule has 1 unspecified atom stereocenters. The summed E-state index contributed by atoms with van der Waals surface area (Å²) < 4.78 is 0. The van der Waals surface area contributed by atoms with Crippen molar-refractivity contribution >= 4 is 11.3 Å². The molecular weight excluding hydrogens is 206 g/mol. The first-order valence-electron chi connectivity index (χ1n) is 5.78. The molecule has 1 aliphatic heterocycles. The van der Waals surface area contributed by atoms with Crippen LogP contribution in [0.25, 0.3) is 0 Å². The highest BCUT2D eigenvalue weighted by atomic mass is 32.1. The zero-order chi connectivity index (χ0) is 10.1. The largest absolute Gasteiger partial charge is 0.317 e. The third-order valence-corrected chi connectivity index (χ3v) is 4.30. The first-order chi connectivity index (χ1) is 7.43. The summed E-state index contributed by atoms with van der Waals surface area (Å²) in [6.07, 6.45) is 5.91. The summed E-state index contributed by atoms with van der Waals surface area (Å²) in [6.45, 7) is 2.35. The van der Waals surface area contributed by atoms with E-state index in [1.807, 2.05) is 11.7 Å². The molecule has 4 heteroatoms. The molecule has 3 rings (SSSR count). The SMILES string of the molecule is c1ncc(C2C[C@@H]2NC2CCNCC2)s1. The van der Waals surface area contributed by atoms with Crippen molar-refractivity contribution in [2.24, 2.45) is 0 Å². The van der Waals surface area contributed by atoms with Crippen LogP contribution >= 0.6 is 11.3 Å². The maximum atomic E-state index is 4.15. The fraction of sp³-hybridized carbons (Fsp3) is 0.727. The summed E-state index contributed by atoms with van der Waals surface area (Å²) in [5.74, 6) is 0.757. The second-order valence-electron chi connectivity index (χ2n) is 4.54. The van der Waals surface area contributed by atoms with Gasteiger partial charge in [-0.3, -0.25) is 4.98 Å². The second-order valence-corrected chi connectivity index (χ2v) is 5.46. The molecule has 2 aliphatic rings. The lowest BCUT2D eigenvalue weighted by molar-refractivity contribution is 0.383. The van der Waals surface area contributed by atoms with Crippen LogP contribution in [0.5, 0.6) is 0 Å². The van der Waals surface area contributed by atoms with Crippen LogP contribution in [-0.4, -0.2) is 30.2 Å². The van der Waals surface area contributed by atoms with E-state index >= 15 is 0 Å². The standard InChI is InChI=1S/C11H17N3S/c1-3-12-4-2-8(1)14-10-5-9(10)11-6-13-7-15-11/h6-10,12,14H,1-5H2/t9?,10-/m0/s1. The Bertz CT molecular complexity index is 306. The molecule has 3 nitrogen and oxygen atoms in total. The van der Waals surface area contributed by atoms with Gasteiger partial charge in [0, 0.05) is 29.1 Å². The molecule has 1 saturated heterocycles. The minimum atomic E-state index is 0.730. The zero-order valence-electron chi connectivity index (χ0n) is 8.78. The fourth-order valence-electron chi connectivity index (χ4n) is 2.39. The lowest BCUT2D eigenvalue weighted by atomic mass is 10.1. The van der Waals surface area contributed by atoms with Crippen LogP contribution < -0.4 is 10.6 Å². The van der Waals surface area contributed by atoms with E-state index in [2.05, 4.69) is 15.6 Å². The highest BCUT2D eigenvalue weighted by Crippen LogP contribution is 2.42. The summed E-state index contributed by atoms with van der Waals surface area (Å²) >= 11 is 1.80. The van der Waals surface area contributed by atoms with Crippen LogP contribution in [0.2, 0.25) is 0 Å². The minimum Gasteiger partial charge on any atom is -0.317 e. The molecule has 0 radical (unpaired) electrons. The van der Waals surface area contributed by atoms with Crippen molar-refractivity contribution in [2.75, 3.05) is 13.1 Å². The van der Waals surface area contributed by atoms with Gasteiger partial charge in [-0.25, -0.2) is 0 Å². The third-order valence-electron chi connectivity index (χ3n) is 3.40. The molecule has 1 aliphatic carbocycles. The molecule has 2 atom stereocenters. The van der Waals surface area contributed by atoms with Crippen molar-refractivity contribution in [1.82, 2.24) is 15.6 Å². The molecule has 0 spiro atoms. The van der Waals surface area contributed by atoms with Gasteiger partial charge in [0.1, 0.15) is 0 Å². The van der Waals surface area contributed by atoms with Crippen molar-refractivity contribution in [1.29, 1.82) is 0 Å². The molecule has 2 heterocycles. The zero-order valence-corrected chi connectivity index (χ0v) is 9.59. The lowest BCUT2D eigenvalue weighted by Gasteiger charge is -2.23. The van der Waals surface area contributed by atoms with E-state index < -0.39 is 0 Å². The molecule has 0 aromatic carbocycles. The van der Waals surface area contributed by atoms with Crippen LogP contribution in [-0.2, 0) is 0 Å². The number of piperidine rings is 1. The van der Waals surface area contributed by atoms with Gasteiger partial charge < -0.3 is 10.6 Å². The Morgan fingerprint density at radius 1 is 1.40 bits per heavy atom. The summed E-state index contributed by atoms with van der Waals surface area (Å²) in [4.78, 5) is 5.61. The van der Waals surface area contributed by atoms with E-state index in [9.17, 15) is 0 Å². The van der Waals surface area contributed by atoms with Gasteiger partial charge in [0.2, 0.25) is 0 Å². The van der Waals surface area contributed by atoms with Crippen LogP contribution in [0.3, 0.4) is 0 Å².